The highest BCUT2D eigenvalue weighted by Gasteiger charge is 2.56. The molecule has 1 nitrogen and oxygen atoms in total. The summed E-state index contributed by atoms with van der Waals surface area (Å²) in [5.74, 6) is 2.86. The van der Waals surface area contributed by atoms with Crippen LogP contribution in [0.15, 0.2) is 36.4 Å². The molecule has 0 heterocycles. The van der Waals surface area contributed by atoms with E-state index in [1.807, 2.05) is 12.1 Å². The minimum absolute atomic E-state index is 0.0214. The van der Waals surface area contributed by atoms with Gasteiger partial charge < -0.3 is 0 Å². The molecule has 5 atom stereocenters. The van der Waals surface area contributed by atoms with Gasteiger partial charge in [-0.2, -0.15) is 5.26 Å². The Morgan fingerprint density at radius 2 is 1.69 bits per heavy atom. The maximum Gasteiger partial charge on any atom is 0.0991 e. The fourth-order valence-corrected chi connectivity index (χ4v) is 6.97. The summed E-state index contributed by atoms with van der Waals surface area (Å²) in [6.45, 7) is 4.86. The third-order valence-corrected chi connectivity index (χ3v) is 7.70. The summed E-state index contributed by atoms with van der Waals surface area (Å²) in [4.78, 5) is 0. The van der Waals surface area contributed by atoms with Crippen LogP contribution in [-0.2, 0) is 5.41 Å². The van der Waals surface area contributed by atoms with Gasteiger partial charge in [-0.3, -0.25) is 0 Å². The van der Waals surface area contributed by atoms with Gasteiger partial charge in [0.25, 0.3) is 0 Å². The Labute approximate surface area is 161 Å². The molecule has 2 saturated carbocycles. The number of nitriles is 1. The lowest BCUT2D eigenvalue weighted by Gasteiger charge is -2.54. The van der Waals surface area contributed by atoms with Gasteiger partial charge in [-0.25, -0.2) is 0 Å². The largest absolute Gasteiger partial charge is 0.192 e. The standard InChI is InChI=1S/C24H24ClN/c1-14-7-17-9-15(2)24(18(8-14)10-17)22-11-16(13-26)3-5-20(22)21-6-4-19(25)12-23(21)24/h3-6,11-12,14-15,17-18H,7-10H2,1-2H3. The molecule has 2 bridgehead atoms. The van der Waals surface area contributed by atoms with Crippen molar-refractivity contribution < 1.29 is 0 Å². The Hall–Kier alpha value is -1.78. The van der Waals surface area contributed by atoms with Crippen molar-refractivity contribution in [3.8, 4) is 17.2 Å². The van der Waals surface area contributed by atoms with E-state index in [2.05, 4.69) is 44.2 Å². The molecular formula is C24H24ClN. The SMILES string of the molecule is CC1CC2CC(C)C3(c4cc(Cl)ccc4-c4ccc(C#N)cc43)C(C1)C2. The van der Waals surface area contributed by atoms with Crippen LogP contribution in [0.1, 0.15) is 56.2 Å². The average molecular weight is 362 g/mol. The van der Waals surface area contributed by atoms with E-state index in [1.54, 1.807) is 0 Å². The van der Waals surface area contributed by atoms with E-state index in [9.17, 15) is 5.26 Å². The summed E-state index contributed by atoms with van der Waals surface area (Å²) < 4.78 is 0. The first kappa shape index (κ1) is 16.4. The zero-order valence-corrected chi connectivity index (χ0v) is 16.2. The van der Waals surface area contributed by atoms with E-state index in [4.69, 9.17) is 11.6 Å². The molecule has 0 radical (unpaired) electrons. The first-order valence-electron chi connectivity index (χ1n) is 9.89. The predicted octanol–water partition coefficient (Wildman–Crippen LogP) is 6.57. The first-order chi connectivity index (χ1) is 12.5. The van der Waals surface area contributed by atoms with Crippen molar-refractivity contribution >= 4 is 11.6 Å². The maximum absolute atomic E-state index is 9.53. The Balaban J connectivity index is 1.83. The maximum atomic E-state index is 9.53. The molecule has 5 rings (SSSR count). The van der Waals surface area contributed by atoms with Gasteiger partial charge >= 0.3 is 0 Å². The zero-order valence-electron chi connectivity index (χ0n) is 15.4. The fourth-order valence-electron chi connectivity index (χ4n) is 6.80. The quantitative estimate of drug-likeness (QED) is 0.520. The van der Waals surface area contributed by atoms with Crippen molar-refractivity contribution in [2.45, 2.75) is 44.9 Å². The first-order valence-corrected chi connectivity index (χ1v) is 10.3. The van der Waals surface area contributed by atoms with Crippen LogP contribution in [0, 0.1) is 35.0 Å². The summed E-state index contributed by atoms with van der Waals surface area (Å²) in [5, 5.41) is 10.4. The average Bonchev–Trinajstić information content (AvgIpc) is 2.89. The summed E-state index contributed by atoms with van der Waals surface area (Å²) in [6, 6.07) is 15.1. The number of fused-ring (bicyclic) bond motifs is 8. The Morgan fingerprint density at radius 3 is 2.46 bits per heavy atom. The smallest absolute Gasteiger partial charge is 0.0991 e. The molecular weight excluding hydrogens is 338 g/mol. The van der Waals surface area contributed by atoms with E-state index in [0.717, 1.165) is 22.4 Å². The minimum atomic E-state index is 0.0214. The molecule has 5 unspecified atom stereocenters. The molecule has 2 aromatic rings. The Bertz CT molecular complexity index is 936. The molecule has 0 aliphatic heterocycles. The van der Waals surface area contributed by atoms with Gasteiger partial charge in [0, 0.05) is 10.4 Å². The summed E-state index contributed by atoms with van der Waals surface area (Å²) in [5.41, 5.74) is 6.25. The van der Waals surface area contributed by atoms with Gasteiger partial charge in [-0.1, -0.05) is 37.6 Å². The number of halogens is 1. The van der Waals surface area contributed by atoms with Crippen LogP contribution < -0.4 is 0 Å². The second-order valence-corrected chi connectivity index (χ2v) is 9.38. The molecule has 26 heavy (non-hydrogen) atoms. The monoisotopic (exact) mass is 361 g/mol. The fraction of sp³-hybridized carbons (Fsp3) is 0.458. The van der Waals surface area contributed by atoms with E-state index >= 15 is 0 Å². The van der Waals surface area contributed by atoms with Crippen LogP contribution in [0.25, 0.3) is 11.1 Å². The van der Waals surface area contributed by atoms with Crippen LogP contribution in [-0.4, -0.2) is 0 Å². The van der Waals surface area contributed by atoms with Crippen LogP contribution in [0.5, 0.6) is 0 Å². The van der Waals surface area contributed by atoms with Gasteiger partial charge in [-0.05, 0) is 95.9 Å². The van der Waals surface area contributed by atoms with Crippen molar-refractivity contribution in [1.29, 1.82) is 5.26 Å². The zero-order chi connectivity index (χ0) is 18.1. The topological polar surface area (TPSA) is 23.8 Å². The molecule has 0 amide bonds. The number of hydrogen-bond acceptors (Lipinski definition) is 1. The molecule has 0 saturated heterocycles. The molecule has 1 spiro atoms. The van der Waals surface area contributed by atoms with Gasteiger partial charge in [0.1, 0.15) is 0 Å². The number of nitrogens with zero attached hydrogens (tertiary/aromatic N) is 1. The summed E-state index contributed by atoms with van der Waals surface area (Å²) in [7, 11) is 0. The normalized spacial score (nSPS) is 34.2. The van der Waals surface area contributed by atoms with Crippen LogP contribution in [0.4, 0.5) is 0 Å². The van der Waals surface area contributed by atoms with Gasteiger partial charge in [-0.15, -0.1) is 0 Å². The lowest BCUT2D eigenvalue weighted by Crippen LogP contribution is -2.49. The summed E-state index contributed by atoms with van der Waals surface area (Å²) >= 11 is 6.48. The van der Waals surface area contributed by atoms with Crippen molar-refractivity contribution in [1.82, 2.24) is 0 Å². The highest BCUT2D eigenvalue weighted by Crippen LogP contribution is 2.64. The van der Waals surface area contributed by atoms with Crippen LogP contribution in [0.2, 0.25) is 5.02 Å². The van der Waals surface area contributed by atoms with E-state index in [1.165, 1.54) is 47.9 Å². The second-order valence-electron chi connectivity index (χ2n) is 8.94. The summed E-state index contributed by atoms with van der Waals surface area (Å²) in [6.07, 6.45) is 5.26. The van der Waals surface area contributed by atoms with Crippen LogP contribution >= 0.6 is 11.6 Å². The Kier molecular flexibility index (Phi) is 3.54. The highest BCUT2D eigenvalue weighted by molar-refractivity contribution is 6.30. The number of benzene rings is 2. The van der Waals surface area contributed by atoms with Crippen molar-refractivity contribution in [2.24, 2.45) is 23.7 Å². The molecule has 2 heteroatoms. The molecule has 3 aliphatic carbocycles. The molecule has 2 fully saturated rings. The van der Waals surface area contributed by atoms with E-state index in [0.29, 0.717) is 11.8 Å². The third kappa shape index (κ3) is 2.03. The molecule has 0 N–H and O–H groups in total. The lowest BCUT2D eigenvalue weighted by molar-refractivity contribution is 0.0426. The molecule has 132 valence electrons. The Morgan fingerprint density at radius 1 is 0.962 bits per heavy atom. The van der Waals surface area contributed by atoms with Crippen molar-refractivity contribution in [3.05, 3.63) is 58.1 Å². The van der Waals surface area contributed by atoms with Gasteiger partial charge in [0.2, 0.25) is 0 Å². The van der Waals surface area contributed by atoms with Crippen molar-refractivity contribution in [2.75, 3.05) is 0 Å². The molecule has 3 aliphatic rings. The highest BCUT2D eigenvalue weighted by atomic mass is 35.5. The predicted molar refractivity (Wildman–Crippen MR) is 106 cm³/mol. The number of rotatable bonds is 0. The van der Waals surface area contributed by atoms with Crippen LogP contribution in [0.3, 0.4) is 0 Å². The third-order valence-electron chi connectivity index (χ3n) is 7.46. The van der Waals surface area contributed by atoms with Crippen molar-refractivity contribution in [3.63, 3.8) is 0 Å². The van der Waals surface area contributed by atoms with Gasteiger partial charge in [0.05, 0.1) is 11.6 Å². The lowest BCUT2D eigenvalue weighted by atomic mass is 9.49. The second kappa shape index (κ2) is 5.61. The minimum Gasteiger partial charge on any atom is -0.192 e. The van der Waals surface area contributed by atoms with E-state index in [-0.39, 0.29) is 5.41 Å². The number of hydrogen-bond donors (Lipinski definition) is 0. The molecule has 0 aromatic heterocycles. The van der Waals surface area contributed by atoms with Gasteiger partial charge in [0.15, 0.2) is 0 Å². The molecule has 2 aromatic carbocycles. The van der Waals surface area contributed by atoms with E-state index < -0.39 is 0 Å².